The Bertz CT molecular complexity index is 386. The fourth-order valence-electron chi connectivity index (χ4n) is 2.28. The van der Waals surface area contributed by atoms with Gasteiger partial charge in [0.25, 0.3) is 0 Å². The van der Waals surface area contributed by atoms with Crippen molar-refractivity contribution in [2.75, 3.05) is 17.6 Å². The second kappa shape index (κ2) is 5.71. The second-order valence-electron chi connectivity index (χ2n) is 4.38. The molecule has 1 aromatic rings. The van der Waals surface area contributed by atoms with E-state index in [1.165, 1.54) is 24.2 Å². The lowest BCUT2D eigenvalue weighted by atomic mass is 10.1. The van der Waals surface area contributed by atoms with Crippen LogP contribution in [0.25, 0.3) is 0 Å². The van der Waals surface area contributed by atoms with Crippen molar-refractivity contribution in [3.63, 3.8) is 0 Å². The molecule has 0 saturated carbocycles. The maximum Gasteiger partial charge on any atom is 0.143 e. The van der Waals surface area contributed by atoms with E-state index < -0.39 is 0 Å². The van der Waals surface area contributed by atoms with Gasteiger partial charge in [-0.2, -0.15) is 11.8 Å². The lowest BCUT2D eigenvalue weighted by molar-refractivity contribution is 0.766. The average molecular weight is 251 g/mol. The molecule has 0 radical (unpaired) electrons. The van der Waals surface area contributed by atoms with Crippen LogP contribution in [0.4, 0.5) is 5.82 Å². The highest BCUT2D eigenvalue weighted by Gasteiger charge is 2.22. The zero-order valence-electron chi connectivity index (χ0n) is 10.9. The molecule has 1 saturated heterocycles. The molecule has 0 spiro atoms. The van der Waals surface area contributed by atoms with Crippen LogP contribution in [0.15, 0.2) is 0 Å². The Hall–Kier alpha value is -0.770. The Balaban J connectivity index is 2.34. The SMILES string of the molecule is CCNc1nc(C2CCCS2)nc(C)c1CC. The molecule has 1 unspecified atom stereocenters. The Kier molecular flexibility index (Phi) is 4.26. The standard InChI is InChI=1S/C13H21N3S/c1-4-10-9(3)15-13(11-7-6-8-17-11)16-12(10)14-5-2/h11H,4-8H2,1-3H3,(H,14,15,16). The third-order valence-electron chi connectivity index (χ3n) is 3.15. The molecule has 3 nitrogen and oxygen atoms in total. The molecule has 2 heterocycles. The van der Waals surface area contributed by atoms with Gasteiger partial charge in [-0.3, -0.25) is 0 Å². The Morgan fingerprint density at radius 1 is 1.35 bits per heavy atom. The van der Waals surface area contributed by atoms with E-state index in [1.807, 2.05) is 11.8 Å². The lowest BCUT2D eigenvalue weighted by Gasteiger charge is -2.15. The topological polar surface area (TPSA) is 37.8 Å². The van der Waals surface area contributed by atoms with Crippen LogP contribution in [0.2, 0.25) is 0 Å². The molecule has 1 aliphatic rings. The quantitative estimate of drug-likeness (QED) is 0.890. The zero-order valence-corrected chi connectivity index (χ0v) is 11.7. The fraction of sp³-hybridized carbons (Fsp3) is 0.692. The molecular formula is C13H21N3S. The summed E-state index contributed by atoms with van der Waals surface area (Å²) in [7, 11) is 0. The first-order chi connectivity index (χ1) is 8.26. The molecule has 0 aromatic carbocycles. The van der Waals surface area contributed by atoms with Gasteiger partial charge in [-0.05, 0) is 38.9 Å². The van der Waals surface area contributed by atoms with Gasteiger partial charge in [-0.25, -0.2) is 9.97 Å². The van der Waals surface area contributed by atoms with Crippen LogP contribution in [-0.4, -0.2) is 22.3 Å². The molecule has 0 amide bonds. The molecule has 4 heteroatoms. The van der Waals surface area contributed by atoms with Crippen LogP contribution in [0.5, 0.6) is 0 Å². The van der Waals surface area contributed by atoms with E-state index in [0.29, 0.717) is 5.25 Å². The molecule has 1 fully saturated rings. The summed E-state index contributed by atoms with van der Waals surface area (Å²) in [6.45, 7) is 7.29. The van der Waals surface area contributed by atoms with Gasteiger partial charge in [0.05, 0.1) is 5.25 Å². The van der Waals surface area contributed by atoms with Crippen LogP contribution in [0.3, 0.4) is 0 Å². The summed E-state index contributed by atoms with van der Waals surface area (Å²) in [6.07, 6.45) is 3.51. The largest absolute Gasteiger partial charge is 0.370 e. The van der Waals surface area contributed by atoms with Crippen molar-refractivity contribution < 1.29 is 0 Å². The molecule has 2 rings (SSSR count). The summed E-state index contributed by atoms with van der Waals surface area (Å²) >= 11 is 1.99. The highest BCUT2D eigenvalue weighted by molar-refractivity contribution is 7.99. The van der Waals surface area contributed by atoms with Crippen molar-refractivity contribution in [2.45, 2.75) is 45.3 Å². The van der Waals surface area contributed by atoms with E-state index in [4.69, 9.17) is 9.97 Å². The number of anilines is 1. The van der Waals surface area contributed by atoms with Gasteiger partial charge >= 0.3 is 0 Å². The minimum Gasteiger partial charge on any atom is -0.370 e. The van der Waals surface area contributed by atoms with Crippen molar-refractivity contribution in [2.24, 2.45) is 0 Å². The Morgan fingerprint density at radius 3 is 2.76 bits per heavy atom. The van der Waals surface area contributed by atoms with E-state index >= 15 is 0 Å². The van der Waals surface area contributed by atoms with Crippen molar-refractivity contribution in [3.8, 4) is 0 Å². The van der Waals surface area contributed by atoms with Crippen LogP contribution in [-0.2, 0) is 6.42 Å². The molecule has 1 aliphatic heterocycles. The molecule has 1 N–H and O–H groups in total. The average Bonchev–Trinajstić information content (AvgIpc) is 2.82. The predicted molar refractivity (Wildman–Crippen MR) is 74.7 cm³/mol. The van der Waals surface area contributed by atoms with Gasteiger partial charge in [0.15, 0.2) is 0 Å². The monoisotopic (exact) mass is 251 g/mol. The third-order valence-corrected chi connectivity index (χ3v) is 4.52. The Morgan fingerprint density at radius 2 is 2.18 bits per heavy atom. The van der Waals surface area contributed by atoms with E-state index in [-0.39, 0.29) is 0 Å². The molecule has 1 atom stereocenters. The normalized spacial score (nSPS) is 19.6. The number of aromatic nitrogens is 2. The lowest BCUT2D eigenvalue weighted by Crippen LogP contribution is -2.10. The number of nitrogens with zero attached hydrogens (tertiary/aromatic N) is 2. The molecule has 94 valence electrons. The van der Waals surface area contributed by atoms with Crippen LogP contribution < -0.4 is 5.32 Å². The van der Waals surface area contributed by atoms with Crippen LogP contribution in [0, 0.1) is 6.92 Å². The first-order valence-electron chi connectivity index (χ1n) is 6.49. The zero-order chi connectivity index (χ0) is 12.3. The van der Waals surface area contributed by atoms with Crippen molar-refractivity contribution >= 4 is 17.6 Å². The number of thioether (sulfide) groups is 1. The third kappa shape index (κ3) is 2.73. The summed E-state index contributed by atoms with van der Waals surface area (Å²) < 4.78 is 0. The van der Waals surface area contributed by atoms with Gasteiger partial charge in [0.2, 0.25) is 0 Å². The van der Waals surface area contributed by atoms with Gasteiger partial charge in [-0.1, -0.05) is 6.92 Å². The summed E-state index contributed by atoms with van der Waals surface area (Å²) in [5.74, 6) is 3.32. The minimum absolute atomic E-state index is 0.511. The van der Waals surface area contributed by atoms with Crippen molar-refractivity contribution in [3.05, 3.63) is 17.1 Å². The molecule has 0 aliphatic carbocycles. The summed E-state index contributed by atoms with van der Waals surface area (Å²) in [5.41, 5.74) is 2.40. The number of aryl methyl sites for hydroxylation is 1. The van der Waals surface area contributed by atoms with Crippen LogP contribution >= 0.6 is 11.8 Å². The smallest absolute Gasteiger partial charge is 0.143 e. The number of rotatable bonds is 4. The fourth-order valence-corrected chi connectivity index (χ4v) is 3.49. The Labute approximate surface area is 108 Å². The number of hydrogen-bond acceptors (Lipinski definition) is 4. The molecule has 0 bridgehead atoms. The van der Waals surface area contributed by atoms with Crippen molar-refractivity contribution in [1.82, 2.24) is 9.97 Å². The first kappa shape index (κ1) is 12.7. The minimum atomic E-state index is 0.511. The second-order valence-corrected chi connectivity index (χ2v) is 5.69. The molecule has 17 heavy (non-hydrogen) atoms. The highest BCUT2D eigenvalue weighted by Crippen LogP contribution is 2.38. The van der Waals surface area contributed by atoms with E-state index in [9.17, 15) is 0 Å². The molecule has 1 aromatic heterocycles. The first-order valence-corrected chi connectivity index (χ1v) is 7.54. The summed E-state index contributed by atoms with van der Waals surface area (Å²) in [5, 5.41) is 3.88. The maximum absolute atomic E-state index is 4.73. The predicted octanol–water partition coefficient (Wildman–Crippen LogP) is 3.35. The van der Waals surface area contributed by atoms with Gasteiger partial charge < -0.3 is 5.32 Å². The van der Waals surface area contributed by atoms with Gasteiger partial charge in [0, 0.05) is 17.8 Å². The summed E-state index contributed by atoms with van der Waals surface area (Å²) in [6, 6.07) is 0. The number of nitrogens with one attached hydrogen (secondary N) is 1. The van der Waals surface area contributed by atoms with Crippen LogP contribution in [0.1, 0.15) is 49.0 Å². The van der Waals surface area contributed by atoms with E-state index in [2.05, 4.69) is 26.1 Å². The van der Waals surface area contributed by atoms with Gasteiger partial charge in [0.1, 0.15) is 11.6 Å². The summed E-state index contributed by atoms with van der Waals surface area (Å²) in [4.78, 5) is 9.43. The molecular weight excluding hydrogens is 230 g/mol. The van der Waals surface area contributed by atoms with E-state index in [1.54, 1.807) is 0 Å². The van der Waals surface area contributed by atoms with Gasteiger partial charge in [-0.15, -0.1) is 0 Å². The van der Waals surface area contributed by atoms with Crippen molar-refractivity contribution in [1.29, 1.82) is 0 Å². The maximum atomic E-state index is 4.73. The van der Waals surface area contributed by atoms with E-state index in [0.717, 1.165) is 30.3 Å². The number of hydrogen-bond donors (Lipinski definition) is 1. The highest BCUT2D eigenvalue weighted by atomic mass is 32.2.